The molecule has 0 radical (unpaired) electrons. The Morgan fingerprint density at radius 3 is 2.38 bits per heavy atom. The highest BCUT2D eigenvalue weighted by atomic mass is 32.1. The van der Waals surface area contributed by atoms with Crippen LogP contribution in [-0.4, -0.2) is 17.9 Å². The second kappa shape index (κ2) is 5.12. The van der Waals surface area contributed by atoms with Gasteiger partial charge in [-0.1, -0.05) is 0 Å². The number of hydrogen-bond acceptors (Lipinski definition) is 2. The molecule has 0 saturated heterocycles. The summed E-state index contributed by atoms with van der Waals surface area (Å²) in [7, 11) is 1.97. The van der Waals surface area contributed by atoms with E-state index in [-0.39, 0.29) is 0 Å². The van der Waals surface area contributed by atoms with E-state index in [9.17, 15) is 4.79 Å². The fourth-order valence-corrected chi connectivity index (χ4v) is 6.37. The second-order valence-corrected chi connectivity index (χ2v) is 8.76. The molecule has 4 aliphatic carbocycles. The van der Waals surface area contributed by atoms with Crippen LogP contribution in [0.4, 0.5) is 0 Å². The molecule has 4 saturated carbocycles. The SMILES string of the molecule is CN(Cc1ccsc1)C(=O)CC12CC3CC(CC(C3)C1)C2. The normalized spacial score (nSPS) is 36.9. The number of hydrogen-bond donors (Lipinski definition) is 0. The van der Waals surface area contributed by atoms with Crippen molar-refractivity contribution >= 4 is 17.2 Å². The van der Waals surface area contributed by atoms with Crippen molar-refractivity contribution in [3.05, 3.63) is 22.4 Å². The zero-order valence-electron chi connectivity index (χ0n) is 12.9. The maximum Gasteiger partial charge on any atom is 0.223 e. The van der Waals surface area contributed by atoms with Gasteiger partial charge in [0.15, 0.2) is 0 Å². The molecule has 4 aliphatic rings. The minimum Gasteiger partial charge on any atom is -0.341 e. The predicted molar refractivity (Wildman–Crippen MR) is 86.0 cm³/mol. The Morgan fingerprint density at radius 2 is 1.86 bits per heavy atom. The largest absolute Gasteiger partial charge is 0.341 e. The van der Waals surface area contributed by atoms with Gasteiger partial charge in [-0.15, -0.1) is 0 Å². The summed E-state index contributed by atoms with van der Waals surface area (Å²) in [5, 5.41) is 4.24. The number of thiophene rings is 1. The first-order valence-corrected chi connectivity index (χ1v) is 9.31. The molecule has 0 N–H and O–H groups in total. The summed E-state index contributed by atoms with van der Waals surface area (Å²) in [6.45, 7) is 0.773. The minimum absolute atomic E-state index is 0.364. The molecule has 0 aliphatic heterocycles. The average molecular weight is 303 g/mol. The molecule has 0 aromatic carbocycles. The number of carbonyl (C=O) groups excluding carboxylic acids is 1. The summed E-state index contributed by atoms with van der Waals surface area (Å²) in [5.41, 5.74) is 1.63. The van der Waals surface area contributed by atoms with E-state index >= 15 is 0 Å². The molecular weight excluding hydrogens is 278 g/mol. The van der Waals surface area contributed by atoms with Gasteiger partial charge in [-0.05, 0) is 84.1 Å². The van der Waals surface area contributed by atoms with E-state index in [2.05, 4.69) is 16.8 Å². The number of rotatable bonds is 4. The van der Waals surface area contributed by atoms with Gasteiger partial charge in [-0.2, -0.15) is 11.3 Å². The highest BCUT2D eigenvalue weighted by Crippen LogP contribution is 2.61. The van der Waals surface area contributed by atoms with Crippen LogP contribution in [0.1, 0.15) is 50.5 Å². The fraction of sp³-hybridized carbons (Fsp3) is 0.722. The van der Waals surface area contributed by atoms with Crippen LogP contribution < -0.4 is 0 Å². The molecule has 114 valence electrons. The minimum atomic E-state index is 0.364. The van der Waals surface area contributed by atoms with Crippen molar-refractivity contribution in [2.24, 2.45) is 23.2 Å². The second-order valence-electron chi connectivity index (χ2n) is 7.98. The third kappa shape index (κ3) is 2.65. The van der Waals surface area contributed by atoms with Crippen molar-refractivity contribution in [2.45, 2.75) is 51.5 Å². The molecule has 1 aromatic heterocycles. The molecule has 2 nitrogen and oxygen atoms in total. The molecule has 1 amide bonds. The molecular formula is C18H25NOS. The van der Waals surface area contributed by atoms with Crippen LogP contribution in [0.25, 0.3) is 0 Å². The Labute approximate surface area is 131 Å². The Kier molecular flexibility index (Phi) is 3.36. The van der Waals surface area contributed by atoms with Crippen LogP contribution >= 0.6 is 11.3 Å². The van der Waals surface area contributed by atoms with Crippen LogP contribution in [0.5, 0.6) is 0 Å². The van der Waals surface area contributed by atoms with Gasteiger partial charge in [0.05, 0.1) is 0 Å². The summed E-state index contributed by atoms with van der Waals surface area (Å²) in [6.07, 6.45) is 9.16. The lowest BCUT2D eigenvalue weighted by molar-refractivity contribution is -0.138. The van der Waals surface area contributed by atoms with Gasteiger partial charge in [-0.25, -0.2) is 0 Å². The molecule has 4 bridgehead atoms. The van der Waals surface area contributed by atoms with Gasteiger partial charge >= 0.3 is 0 Å². The number of carbonyl (C=O) groups is 1. The van der Waals surface area contributed by atoms with Crippen molar-refractivity contribution in [3.63, 3.8) is 0 Å². The van der Waals surface area contributed by atoms with E-state index in [4.69, 9.17) is 0 Å². The van der Waals surface area contributed by atoms with E-state index in [0.717, 1.165) is 30.7 Å². The van der Waals surface area contributed by atoms with Crippen LogP contribution in [-0.2, 0) is 11.3 Å². The summed E-state index contributed by atoms with van der Waals surface area (Å²) in [4.78, 5) is 14.6. The monoisotopic (exact) mass is 303 g/mol. The Hall–Kier alpha value is -0.830. The topological polar surface area (TPSA) is 20.3 Å². The number of amides is 1. The zero-order valence-corrected chi connectivity index (χ0v) is 13.7. The van der Waals surface area contributed by atoms with Crippen LogP contribution in [0, 0.1) is 23.2 Å². The van der Waals surface area contributed by atoms with Gasteiger partial charge in [0.2, 0.25) is 5.91 Å². The lowest BCUT2D eigenvalue weighted by Crippen LogP contribution is -2.48. The summed E-state index contributed by atoms with van der Waals surface area (Å²) < 4.78 is 0. The molecule has 0 unspecified atom stereocenters. The molecule has 21 heavy (non-hydrogen) atoms. The van der Waals surface area contributed by atoms with Crippen molar-refractivity contribution in [2.75, 3.05) is 7.05 Å². The summed E-state index contributed by atoms with van der Waals surface area (Å²) >= 11 is 1.71. The van der Waals surface area contributed by atoms with E-state index in [1.54, 1.807) is 11.3 Å². The standard InChI is InChI=1S/C18H25NOS/c1-19(11-13-2-3-21-12-13)17(20)10-18-7-14-4-15(8-18)6-16(5-14)9-18/h2-3,12,14-16H,4-11H2,1H3. The first-order valence-electron chi connectivity index (χ1n) is 8.37. The molecule has 5 rings (SSSR count). The van der Waals surface area contributed by atoms with Crippen molar-refractivity contribution in [1.82, 2.24) is 4.90 Å². The molecule has 0 spiro atoms. The van der Waals surface area contributed by atoms with Gasteiger partial charge in [0.1, 0.15) is 0 Å². The third-order valence-electron chi connectivity index (χ3n) is 6.12. The molecule has 0 atom stereocenters. The zero-order chi connectivity index (χ0) is 14.4. The predicted octanol–water partition coefficient (Wildman–Crippen LogP) is 4.31. The highest BCUT2D eigenvalue weighted by Gasteiger charge is 2.51. The summed E-state index contributed by atoms with van der Waals surface area (Å²) in [5.74, 6) is 3.17. The maximum atomic E-state index is 12.7. The Balaban J connectivity index is 1.42. The lowest BCUT2D eigenvalue weighted by Gasteiger charge is -2.56. The van der Waals surface area contributed by atoms with E-state index in [1.807, 2.05) is 11.9 Å². The molecule has 1 aromatic rings. The van der Waals surface area contributed by atoms with Gasteiger partial charge in [0.25, 0.3) is 0 Å². The van der Waals surface area contributed by atoms with Crippen molar-refractivity contribution < 1.29 is 4.79 Å². The van der Waals surface area contributed by atoms with E-state index in [1.165, 1.54) is 44.1 Å². The third-order valence-corrected chi connectivity index (χ3v) is 6.85. The van der Waals surface area contributed by atoms with Crippen LogP contribution in [0.2, 0.25) is 0 Å². The van der Waals surface area contributed by atoms with Gasteiger partial charge in [0, 0.05) is 20.0 Å². The maximum absolute atomic E-state index is 12.7. The molecule has 3 heteroatoms. The van der Waals surface area contributed by atoms with E-state index < -0.39 is 0 Å². The highest BCUT2D eigenvalue weighted by molar-refractivity contribution is 7.07. The Bertz CT molecular complexity index is 486. The van der Waals surface area contributed by atoms with Crippen LogP contribution in [0.15, 0.2) is 16.8 Å². The average Bonchev–Trinajstić information content (AvgIpc) is 2.89. The van der Waals surface area contributed by atoms with Gasteiger partial charge in [-0.3, -0.25) is 4.79 Å². The van der Waals surface area contributed by atoms with Crippen molar-refractivity contribution in [1.29, 1.82) is 0 Å². The van der Waals surface area contributed by atoms with Crippen LogP contribution in [0.3, 0.4) is 0 Å². The van der Waals surface area contributed by atoms with E-state index in [0.29, 0.717) is 11.3 Å². The smallest absolute Gasteiger partial charge is 0.223 e. The Morgan fingerprint density at radius 1 is 1.24 bits per heavy atom. The fourth-order valence-electron chi connectivity index (χ4n) is 5.71. The first kappa shape index (κ1) is 13.8. The molecule has 1 heterocycles. The quantitative estimate of drug-likeness (QED) is 0.811. The number of nitrogens with zero attached hydrogens (tertiary/aromatic N) is 1. The lowest BCUT2D eigenvalue weighted by atomic mass is 9.49. The van der Waals surface area contributed by atoms with Gasteiger partial charge < -0.3 is 4.90 Å². The van der Waals surface area contributed by atoms with Crippen molar-refractivity contribution in [3.8, 4) is 0 Å². The summed E-state index contributed by atoms with van der Waals surface area (Å²) in [6, 6.07) is 2.12. The molecule has 4 fully saturated rings. The first-order chi connectivity index (χ1) is 10.1.